The molecule has 0 bridgehead atoms. The van der Waals surface area contributed by atoms with Crippen molar-refractivity contribution in [1.82, 2.24) is 9.13 Å². The normalized spacial score (nSPS) is 17.2. The van der Waals surface area contributed by atoms with Gasteiger partial charge in [-0.25, -0.2) is 0 Å². The zero-order valence-corrected chi connectivity index (χ0v) is 36.8. The van der Waals surface area contributed by atoms with Gasteiger partial charge in [-0.1, -0.05) is 140 Å². The van der Waals surface area contributed by atoms with Gasteiger partial charge < -0.3 is 9.13 Å². The fraction of sp³-hybridized carbons (Fsp3) is 0.200. The molecular weight excluding hydrogens is 749 g/mol. The van der Waals surface area contributed by atoms with Gasteiger partial charge in [0.2, 0.25) is 0 Å². The molecule has 0 N–H and O–H groups in total. The van der Waals surface area contributed by atoms with Gasteiger partial charge in [0.05, 0.1) is 33.4 Å². The second kappa shape index (κ2) is 10.9. The number of rotatable bonds is 1. The van der Waals surface area contributed by atoms with Crippen molar-refractivity contribution in [2.75, 3.05) is 0 Å². The lowest BCUT2D eigenvalue weighted by molar-refractivity contribution is 0.629. The van der Waals surface area contributed by atoms with E-state index in [1.165, 1.54) is 133 Å². The van der Waals surface area contributed by atoms with E-state index in [1.807, 2.05) is 0 Å². The van der Waals surface area contributed by atoms with Gasteiger partial charge in [0.15, 0.2) is 0 Å². The van der Waals surface area contributed by atoms with Crippen LogP contribution in [0, 0.1) is 0 Å². The summed E-state index contributed by atoms with van der Waals surface area (Å²) in [5, 5.41) is 5.31. The third kappa shape index (κ3) is 3.91. The molecule has 0 radical (unpaired) electrons. The van der Waals surface area contributed by atoms with Crippen molar-refractivity contribution in [3.8, 4) is 44.8 Å². The zero-order chi connectivity index (χ0) is 42.0. The molecule has 0 saturated heterocycles. The van der Waals surface area contributed by atoms with E-state index in [1.54, 1.807) is 0 Å². The Morgan fingerprint density at radius 3 is 1.06 bits per heavy atom. The minimum absolute atomic E-state index is 0.0857. The van der Waals surface area contributed by atoms with Crippen LogP contribution in [0.4, 0.5) is 0 Å². The van der Waals surface area contributed by atoms with Crippen LogP contribution in [0.2, 0.25) is 0 Å². The Hall–Kier alpha value is -6.64. The second-order valence-electron chi connectivity index (χ2n) is 21.0. The average molecular weight is 797 g/mol. The van der Waals surface area contributed by atoms with Crippen LogP contribution in [0.5, 0.6) is 0 Å². The molecular formula is C60H48N2. The maximum Gasteiger partial charge on any atom is 0.0582 e. The summed E-state index contributed by atoms with van der Waals surface area (Å²) in [7, 11) is 0. The number of fused-ring (bicyclic) bond motifs is 16. The highest BCUT2D eigenvalue weighted by molar-refractivity contribution is 6.17. The van der Waals surface area contributed by atoms with E-state index in [0.717, 1.165) is 0 Å². The van der Waals surface area contributed by atoms with Gasteiger partial charge in [-0.3, -0.25) is 0 Å². The molecule has 62 heavy (non-hydrogen) atoms. The Morgan fingerprint density at radius 1 is 0.290 bits per heavy atom. The standard InChI is InChI=1S/C60H48N2/c1-57(2)43-19-11-9-17-35(43)37-29-39-41-25-33(27-49-55(41)61(53(39)31-47(37)57)51-23-15-13-21-45(51)59(49,5)6)34-26-42-40-30-38-36-18-10-12-20-44(36)58(3,4)48(38)32-54(40)62-52-24-16-14-22-46(52)60(7,8)50(28-34)56(42)62/h9-32H,1-8H3. The molecule has 0 saturated carbocycles. The van der Waals surface area contributed by atoms with Gasteiger partial charge in [0, 0.05) is 43.2 Å². The number of benzene rings is 8. The highest BCUT2D eigenvalue weighted by Gasteiger charge is 2.42. The molecule has 0 unspecified atom stereocenters. The van der Waals surface area contributed by atoms with Gasteiger partial charge in [-0.15, -0.1) is 0 Å². The Balaban J connectivity index is 1.11. The van der Waals surface area contributed by atoms with Crippen LogP contribution >= 0.6 is 0 Å². The van der Waals surface area contributed by atoms with E-state index in [0.29, 0.717) is 0 Å². The molecule has 0 spiro atoms. The molecule has 0 atom stereocenters. The van der Waals surface area contributed by atoms with Crippen LogP contribution in [0.15, 0.2) is 146 Å². The Morgan fingerprint density at radius 2 is 0.645 bits per heavy atom. The highest BCUT2D eigenvalue weighted by Crippen LogP contribution is 2.57. The smallest absolute Gasteiger partial charge is 0.0582 e. The lowest BCUT2D eigenvalue weighted by Gasteiger charge is -2.36. The number of para-hydroxylation sites is 2. The Kier molecular flexibility index (Phi) is 6.13. The summed E-state index contributed by atoms with van der Waals surface area (Å²) in [6.45, 7) is 19.3. The van der Waals surface area contributed by atoms with Gasteiger partial charge in [0.25, 0.3) is 0 Å². The van der Waals surface area contributed by atoms with Crippen molar-refractivity contribution in [2.45, 2.75) is 77.0 Å². The third-order valence-electron chi connectivity index (χ3n) is 16.4. The van der Waals surface area contributed by atoms with E-state index in [-0.39, 0.29) is 21.7 Å². The highest BCUT2D eigenvalue weighted by atomic mass is 15.0. The van der Waals surface area contributed by atoms with Crippen LogP contribution in [0.3, 0.4) is 0 Å². The first-order chi connectivity index (χ1) is 29.8. The first kappa shape index (κ1) is 35.0. The molecule has 0 fully saturated rings. The largest absolute Gasteiger partial charge is 0.309 e. The SMILES string of the molecule is CC1(C)c2ccccc2-c2cc3c4cc(-c5cc6c7c(c5)c5cc8c(cc5n7-c5ccccc5C6(C)C)C(C)(C)c5ccccc5-8)cc5c4n(c3cc21)-c1ccccc1C5(C)C. The van der Waals surface area contributed by atoms with Crippen molar-refractivity contribution in [3.63, 3.8) is 0 Å². The van der Waals surface area contributed by atoms with Gasteiger partial charge in [0.1, 0.15) is 0 Å². The van der Waals surface area contributed by atoms with E-state index in [9.17, 15) is 0 Å². The third-order valence-corrected chi connectivity index (χ3v) is 16.4. The molecule has 298 valence electrons. The van der Waals surface area contributed by atoms with Crippen molar-refractivity contribution < 1.29 is 0 Å². The molecule has 2 aromatic heterocycles. The fourth-order valence-corrected chi connectivity index (χ4v) is 13.1. The lowest BCUT2D eigenvalue weighted by atomic mass is 9.72. The summed E-state index contributed by atoms with van der Waals surface area (Å²) in [5.41, 5.74) is 26.5. The number of hydrogen-bond acceptors (Lipinski definition) is 0. The van der Waals surface area contributed by atoms with Crippen molar-refractivity contribution >= 4 is 43.6 Å². The molecule has 2 aliphatic carbocycles. The molecule has 0 amide bonds. The molecule has 2 aliphatic heterocycles. The lowest BCUT2D eigenvalue weighted by Crippen LogP contribution is -2.26. The van der Waals surface area contributed by atoms with E-state index in [4.69, 9.17) is 0 Å². The molecule has 10 aromatic rings. The predicted octanol–water partition coefficient (Wildman–Crippen LogP) is 15.4. The maximum absolute atomic E-state index is 2.60. The summed E-state index contributed by atoms with van der Waals surface area (Å²) in [5.74, 6) is 0. The summed E-state index contributed by atoms with van der Waals surface area (Å²) in [6, 6.07) is 56.7. The minimum atomic E-state index is -0.211. The second-order valence-corrected chi connectivity index (χ2v) is 21.0. The van der Waals surface area contributed by atoms with Gasteiger partial charge in [-0.2, -0.15) is 0 Å². The van der Waals surface area contributed by atoms with Gasteiger partial charge in [-0.05, 0) is 139 Å². The van der Waals surface area contributed by atoms with Gasteiger partial charge >= 0.3 is 0 Å². The van der Waals surface area contributed by atoms with Crippen LogP contribution in [-0.4, -0.2) is 9.13 Å². The summed E-state index contributed by atoms with van der Waals surface area (Å²) in [6.07, 6.45) is 0. The van der Waals surface area contributed by atoms with Crippen molar-refractivity contribution in [2.24, 2.45) is 0 Å². The monoisotopic (exact) mass is 796 g/mol. The number of nitrogens with zero attached hydrogens (tertiary/aromatic N) is 2. The maximum atomic E-state index is 2.60. The topological polar surface area (TPSA) is 9.86 Å². The van der Waals surface area contributed by atoms with E-state index < -0.39 is 0 Å². The molecule has 14 rings (SSSR count). The first-order valence-electron chi connectivity index (χ1n) is 22.5. The first-order valence-corrected chi connectivity index (χ1v) is 22.5. The molecule has 4 heterocycles. The Bertz CT molecular complexity index is 3500. The van der Waals surface area contributed by atoms with Crippen LogP contribution < -0.4 is 0 Å². The van der Waals surface area contributed by atoms with Crippen LogP contribution in [-0.2, 0) is 21.7 Å². The molecule has 4 aliphatic rings. The van der Waals surface area contributed by atoms with Crippen LogP contribution in [0.25, 0.3) is 88.4 Å². The predicted molar refractivity (Wildman–Crippen MR) is 260 cm³/mol. The van der Waals surface area contributed by atoms with Crippen molar-refractivity contribution in [3.05, 3.63) is 190 Å². The molecule has 8 aromatic carbocycles. The van der Waals surface area contributed by atoms with E-state index >= 15 is 0 Å². The minimum Gasteiger partial charge on any atom is -0.309 e. The van der Waals surface area contributed by atoms with Crippen molar-refractivity contribution in [1.29, 1.82) is 0 Å². The Labute approximate surface area is 363 Å². The number of hydrogen-bond donors (Lipinski definition) is 0. The molecule has 2 heteroatoms. The fourth-order valence-electron chi connectivity index (χ4n) is 13.1. The van der Waals surface area contributed by atoms with E-state index in [2.05, 4.69) is 210 Å². The quantitative estimate of drug-likeness (QED) is 0.157. The molecule has 2 nitrogen and oxygen atoms in total. The van der Waals surface area contributed by atoms with Crippen LogP contribution in [0.1, 0.15) is 99.9 Å². The summed E-state index contributed by atoms with van der Waals surface area (Å²) < 4.78 is 5.20. The zero-order valence-electron chi connectivity index (χ0n) is 36.8. The number of aromatic nitrogens is 2. The summed E-state index contributed by atoms with van der Waals surface area (Å²) in [4.78, 5) is 0. The summed E-state index contributed by atoms with van der Waals surface area (Å²) >= 11 is 0. The average Bonchev–Trinajstić information content (AvgIpc) is 3.92.